The molecule has 14 heavy (non-hydrogen) atoms. The van der Waals surface area contributed by atoms with Crippen LogP contribution in [0.25, 0.3) is 0 Å². The number of nitrogens with zero attached hydrogens (tertiary/aromatic N) is 1. The number of nitrogens with one attached hydrogen (secondary N) is 1. The van der Waals surface area contributed by atoms with Crippen molar-refractivity contribution in [2.24, 2.45) is 0 Å². The first-order valence-electron chi connectivity index (χ1n) is 5.10. The summed E-state index contributed by atoms with van der Waals surface area (Å²) in [5.41, 5.74) is -0.112. The minimum atomic E-state index is -3.02. The molecule has 0 radical (unpaired) electrons. The molecule has 1 N–H and O–H groups in total. The van der Waals surface area contributed by atoms with Crippen LogP contribution in [-0.2, 0) is 10.0 Å². The lowest BCUT2D eigenvalue weighted by Crippen LogP contribution is -2.47. The number of hydrogen-bond donors (Lipinski definition) is 1. The fourth-order valence-corrected chi connectivity index (χ4v) is 3.31. The van der Waals surface area contributed by atoms with Gasteiger partial charge >= 0.3 is 0 Å². The van der Waals surface area contributed by atoms with Crippen molar-refractivity contribution in [2.45, 2.75) is 32.7 Å². The monoisotopic (exact) mass is 220 g/mol. The molecule has 0 aromatic carbocycles. The van der Waals surface area contributed by atoms with E-state index in [1.807, 2.05) is 20.8 Å². The Bertz CT molecular complexity index is 285. The van der Waals surface area contributed by atoms with Crippen LogP contribution in [-0.4, -0.2) is 43.6 Å². The summed E-state index contributed by atoms with van der Waals surface area (Å²) in [7, 11) is -3.02. The molecule has 0 spiro atoms. The summed E-state index contributed by atoms with van der Waals surface area (Å²) in [6, 6.07) is 0. The standard InChI is InChI=1S/C9H20N2O2S/c1-4-6-11-8-9(2,3)10-5-7-14(11,12)13/h10H,4-8H2,1-3H3. The minimum absolute atomic E-state index is 0.112. The van der Waals surface area contributed by atoms with Gasteiger partial charge in [0.2, 0.25) is 10.0 Å². The summed E-state index contributed by atoms with van der Waals surface area (Å²) >= 11 is 0. The second kappa shape index (κ2) is 4.16. The highest BCUT2D eigenvalue weighted by atomic mass is 32.2. The molecular formula is C9H20N2O2S. The highest BCUT2D eigenvalue weighted by Crippen LogP contribution is 2.14. The molecule has 0 unspecified atom stereocenters. The molecule has 0 aromatic rings. The zero-order valence-corrected chi connectivity index (χ0v) is 10.0. The van der Waals surface area contributed by atoms with Gasteiger partial charge in [0.05, 0.1) is 5.75 Å². The molecule has 4 nitrogen and oxygen atoms in total. The van der Waals surface area contributed by atoms with E-state index in [9.17, 15) is 8.42 Å². The van der Waals surface area contributed by atoms with Crippen molar-refractivity contribution in [3.05, 3.63) is 0 Å². The van der Waals surface area contributed by atoms with E-state index >= 15 is 0 Å². The van der Waals surface area contributed by atoms with E-state index in [0.29, 0.717) is 19.6 Å². The number of sulfonamides is 1. The normalized spacial score (nSPS) is 27.1. The van der Waals surface area contributed by atoms with Gasteiger partial charge < -0.3 is 5.32 Å². The zero-order chi connectivity index (χ0) is 10.8. The quantitative estimate of drug-likeness (QED) is 0.733. The van der Waals surface area contributed by atoms with E-state index in [4.69, 9.17) is 0 Å². The summed E-state index contributed by atoms with van der Waals surface area (Å²) in [5.74, 6) is 0.219. The van der Waals surface area contributed by atoms with Gasteiger partial charge in [-0.05, 0) is 20.3 Å². The predicted molar refractivity (Wildman–Crippen MR) is 57.7 cm³/mol. The van der Waals surface area contributed by atoms with Crippen molar-refractivity contribution in [3.63, 3.8) is 0 Å². The lowest BCUT2D eigenvalue weighted by Gasteiger charge is -2.28. The van der Waals surface area contributed by atoms with Crippen LogP contribution in [0.4, 0.5) is 0 Å². The highest BCUT2D eigenvalue weighted by Gasteiger charge is 2.31. The van der Waals surface area contributed by atoms with Gasteiger partial charge in [-0.2, -0.15) is 0 Å². The number of hydrogen-bond acceptors (Lipinski definition) is 3. The third-order valence-corrected chi connectivity index (χ3v) is 4.22. The van der Waals surface area contributed by atoms with Gasteiger partial charge in [-0.15, -0.1) is 0 Å². The van der Waals surface area contributed by atoms with Crippen molar-refractivity contribution in [2.75, 3.05) is 25.4 Å². The van der Waals surface area contributed by atoms with Crippen LogP contribution in [0.15, 0.2) is 0 Å². The summed E-state index contributed by atoms with van der Waals surface area (Å²) in [5, 5.41) is 3.24. The Morgan fingerprint density at radius 2 is 2.07 bits per heavy atom. The van der Waals surface area contributed by atoms with Gasteiger partial charge in [0.1, 0.15) is 0 Å². The lowest BCUT2D eigenvalue weighted by atomic mass is 10.1. The Balaban J connectivity index is 2.84. The van der Waals surface area contributed by atoms with Crippen LogP contribution >= 0.6 is 0 Å². The molecule has 0 amide bonds. The van der Waals surface area contributed by atoms with Gasteiger partial charge in [0.15, 0.2) is 0 Å². The fraction of sp³-hybridized carbons (Fsp3) is 1.00. The smallest absolute Gasteiger partial charge is 0.215 e. The molecule has 0 aromatic heterocycles. The Labute approximate surface area is 86.7 Å². The average molecular weight is 220 g/mol. The first-order chi connectivity index (χ1) is 6.37. The maximum atomic E-state index is 11.8. The molecular weight excluding hydrogens is 200 g/mol. The highest BCUT2D eigenvalue weighted by molar-refractivity contribution is 7.89. The summed E-state index contributed by atoms with van der Waals surface area (Å²) in [6.45, 7) is 7.83. The summed E-state index contributed by atoms with van der Waals surface area (Å²) < 4.78 is 25.1. The molecule has 1 aliphatic rings. The molecule has 1 saturated heterocycles. The molecule has 5 heteroatoms. The predicted octanol–water partition coefficient (Wildman–Crippen LogP) is 0.410. The Morgan fingerprint density at radius 3 is 2.64 bits per heavy atom. The van der Waals surface area contributed by atoms with Crippen molar-refractivity contribution in [1.82, 2.24) is 9.62 Å². The lowest BCUT2D eigenvalue weighted by molar-refractivity contribution is 0.304. The van der Waals surface area contributed by atoms with Gasteiger partial charge in [0, 0.05) is 25.2 Å². The molecule has 0 aliphatic carbocycles. The van der Waals surface area contributed by atoms with E-state index in [1.165, 1.54) is 0 Å². The molecule has 1 heterocycles. The van der Waals surface area contributed by atoms with E-state index < -0.39 is 10.0 Å². The summed E-state index contributed by atoms with van der Waals surface area (Å²) in [4.78, 5) is 0. The van der Waals surface area contributed by atoms with Crippen LogP contribution in [0.3, 0.4) is 0 Å². The molecule has 0 bridgehead atoms. The third-order valence-electron chi connectivity index (χ3n) is 2.40. The van der Waals surface area contributed by atoms with Crippen molar-refractivity contribution >= 4 is 10.0 Å². The second-order valence-corrected chi connectivity index (χ2v) is 6.55. The second-order valence-electron chi connectivity index (χ2n) is 4.46. The van der Waals surface area contributed by atoms with Gasteiger partial charge in [0.25, 0.3) is 0 Å². The summed E-state index contributed by atoms with van der Waals surface area (Å²) in [6.07, 6.45) is 0.870. The van der Waals surface area contributed by atoms with Crippen LogP contribution < -0.4 is 5.32 Å². The maximum Gasteiger partial charge on any atom is 0.215 e. The van der Waals surface area contributed by atoms with Crippen LogP contribution in [0.5, 0.6) is 0 Å². The van der Waals surface area contributed by atoms with E-state index in [2.05, 4.69) is 5.32 Å². The molecule has 84 valence electrons. The van der Waals surface area contributed by atoms with Crippen LogP contribution in [0.2, 0.25) is 0 Å². The van der Waals surface area contributed by atoms with Gasteiger partial charge in [-0.3, -0.25) is 0 Å². The first-order valence-corrected chi connectivity index (χ1v) is 6.71. The molecule has 1 fully saturated rings. The van der Waals surface area contributed by atoms with Crippen molar-refractivity contribution in [3.8, 4) is 0 Å². The first kappa shape index (κ1) is 11.9. The molecule has 1 rings (SSSR count). The molecule has 0 saturated carbocycles. The Kier molecular flexibility index (Phi) is 3.55. The van der Waals surface area contributed by atoms with Crippen molar-refractivity contribution in [1.29, 1.82) is 0 Å². The van der Waals surface area contributed by atoms with E-state index in [-0.39, 0.29) is 11.3 Å². The average Bonchev–Trinajstić information content (AvgIpc) is 2.10. The number of rotatable bonds is 2. The van der Waals surface area contributed by atoms with Crippen LogP contribution in [0, 0.1) is 0 Å². The Morgan fingerprint density at radius 1 is 1.43 bits per heavy atom. The van der Waals surface area contributed by atoms with Gasteiger partial charge in [-0.1, -0.05) is 6.92 Å². The topological polar surface area (TPSA) is 49.4 Å². The largest absolute Gasteiger partial charge is 0.309 e. The van der Waals surface area contributed by atoms with Crippen molar-refractivity contribution < 1.29 is 8.42 Å². The zero-order valence-electron chi connectivity index (χ0n) is 9.21. The van der Waals surface area contributed by atoms with E-state index in [1.54, 1.807) is 4.31 Å². The molecule has 0 atom stereocenters. The minimum Gasteiger partial charge on any atom is -0.309 e. The fourth-order valence-electron chi connectivity index (χ4n) is 1.71. The van der Waals surface area contributed by atoms with Gasteiger partial charge in [-0.25, -0.2) is 12.7 Å². The molecule has 1 aliphatic heterocycles. The Hall–Kier alpha value is -0.130. The van der Waals surface area contributed by atoms with E-state index in [0.717, 1.165) is 6.42 Å². The van der Waals surface area contributed by atoms with Crippen LogP contribution in [0.1, 0.15) is 27.2 Å². The SMILES string of the molecule is CCCN1CC(C)(C)NCCS1(=O)=O. The maximum absolute atomic E-state index is 11.8. The third kappa shape index (κ3) is 2.93.